The van der Waals surface area contributed by atoms with Gasteiger partial charge in [0.1, 0.15) is 0 Å². The monoisotopic (exact) mass is 208 g/mol. The molecule has 1 aliphatic rings. The molecular weight excluding hydrogens is 190 g/mol. The van der Waals surface area contributed by atoms with Crippen molar-refractivity contribution in [3.05, 3.63) is 0 Å². The Morgan fingerprint density at radius 2 is 1.57 bits per heavy atom. The van der Waals surface area contributed by atoms with E-state index in [9.17, 15) is 12.9 Å². The van der Waals surface area contributed by atoms with Crippen molar-refractivity contribution in [3.63, 3.8) is 0 Å². The van der Waals surface area contributed by atoms with Crippen molar-refractivity contribution in [3.8, 4) is 0 Å². The first kappa shape index (κ1) is 11.9. The number of hydrogen-bond acceptors (Lipinski definition) is 1. The van der Waals surface area contributed by atoms with Gasteiger partial charge in [-0.3, -0.25) is 0 Å². The van der Waals surface area contributed by atoms with Crippen LogP contribution in [0.5, 0.6) is 0 Å². The molecule has 0 aromatic carbocycles. The third kappa shape index (κ3) is 4.35. The zero-order chi connectivity index (χ0) is 10.6. The van der Waals surface area contributed by atoms with Crippen LogP contribution in [-0.4, -0.2) is 31.4 Å². The molecule has 1 fully saturated rings. The number of hydrogen-bond donors (Lipinski definition) is 0. The molecule has 0 spiro atoms. The van der Waals surface area contributed by atoms with E-state index in [1.165, 1.54) is 17.7 Å². The van der Waals surface area contributed by atoms with E-state index < -0.39 is 13.4 Å². The molecule has 0 aromatic rings. The zero-order valence-electron chi connectivity index (χ0n) is 8.69. The van der Waals surface area contributed by atoms with E-state index in [0.717, 1.165) is 25.7 Å². The Labute approximate surface area is 83.7 Å². The van der Waals surface area contributed by atoms with Crippen molar-refractivity contribution in [1.29, 1.82) is 0 Å². The van der Waals surface area contributed by atoms with Gasteiger partial charge in [-0.05, 0) is 26.3 Å². The van der Waals surface area contributed by atoms with Crippen molar-refractivity contribution in [1.82, 2.24) is 4.90 Å². The Bertz CT molecular complexity index is 164. The van der Waals surface area contributed by atoms with Crippen LogP contribution in [0.15, 0.2) is 0 Å². The second-order valence-electron chi connectivity index (χ2n) is 4.30. The molecule has 0 bridgehead atoms. The van der Waals surface area contributed by atoms with Crippen molar-refractivity contribution in [2.24, 2.45) is 0 Å². The molecule has 0 atom stereocenters. The molecule has 1 saturated carbocycles. The molecule has 0 radical (unpaired) electrons. The van der Waals surface area contributed by atoms with Crippen molar-refractivity contribution < 1.29 is 12.9 Å². The van der Waals surface area contributed by atoms with Crippen LogP contribution in [0.2, 0.25) is 0 Å². The van der Waals surface area contributed by atoms with Gasteiger partial charge in [-0.15, -0.1) is 0 Å². The summed E-state index contributed by atoms with van der Waals surface area (Å²) in [6, 6.07) is 0.154. The predicted molar refractivity (Wildman–Crippen MR) is 53.2 cm³/mol. The molecule has 1 nitrogen and oxygen atoms in total. The van der Waals surface area contributed by atoms with Crippen molar-refractivity contribution >= 4 is 6.98 Å². The summed E-state index contributed by atoms with van der Waals surface area (Å²) in [4.78, 5) is 1.49. The lowest BCUT2D eigenvalue weighted by Gasteiger charge is -2.31. The summed E-state index contributed by atoms with van der Waals surface area (Å²) in [6.07, 6.45) is 5.69. The minimum absolute atomic E-state index is 0.154. The normalized spacial score (nSPS) is 21.2. The topological polar surface area (TPSA) is 3.24 Å². The van der Waals surface area contributed by atoms with Gasteiger partial charge in [-0.2, -0.15) is 0 Å². The average Bonchev–Trinajstić information content (AvgIpc) is 2.27. The van der Waals surface area contributed by atoms with Crippen LogP contribution >= 0.6 is 0 Å². The standard InChI is InChI=1S/C9H18BF3N/c1-14(8-10(11,12)13)9-6-4-2-3-5-7-9/h9H,2-8H2,1H3/q-1. The van der Waals surface area contributed by atoms with Gasteiger partial charge in [-0.25, -0.2) is 0 Å². The molecule has 84 valence electrons. The maximum atomic E-state index is 12.2. The van der Waals surface area contributed by atoms with Crippen molar-refractivity contribution in [2.75, 3.05) is 13.5 Å². The first-order chi connectivity index (χ1) is 6.49. The molecule has 0 saturated heterocycles. The van der Waals surface area contributed by atoms with E-state index in [2.05, 4.69) is 0 Å². The second-order valence-corrected chi connectivity index (χ2v) is 4.30. The Hall–Kier alpha value is -0.185. The highest BCUT2D eigenvalue weighted by atomic mass is 19.4. The molecular formula is C9H18BF3N-. The van der Waals surface area contributed by atoms with Crippen molar-refractivity contribution in [2.45, 2.75) is 44.6 Å². The maximum Gasteiger partial charge on any atom is 0.492 e. The largest absolute Gasteiger partial charge is 0.492 e. The lowest BCUT2D eigenvalue weighted by molar-refractivity contribution is 0.229. The van der Waals surface area contributed by atoms with Crippen LogP contribution in [0.3, 0.4) is 0 Å². The van der Waals surface area contributed by atoms with Crippen LogP contribution < -0.4 is 0 Å². The number of rotatable bonds is 3. The van der Waals surface area contributed by atoms with E-state index in [1.54, 1.807) is 7.05 Å². The van der Waals surface area contributed by atoms with Gasteiger partial charge in [0.25, 0.3) is 0 Å². The predicted octanol–water partition coefficient (Wildman–Crippen LogP) is 3.03. The fourth-order valence-electron chi connectivity index (χ4n) is 2.17. The quantitative estimate of drug-likeness (QED) is 0.509. The minimum atomic E-state index is -4.66. The summed E-state index contributed by atoms with van der Waals surface area (Å²) in [7, 11) is 1.60. The molecule has 1 aliphatic carbocycles. The van der Waals surface area contributed by atoms with Crippen LogP contribution in [0.4, 0.5) is 12.9 Å². The SMILES string of the molecule is CN(C[B-](F)(F)F)C1CCCCCC1. The van der Waals surface area contributed by atoms with Crippen LogP contribution in [0.1, 0.15) is 38.5 Å². The highest BCUT2D eigenvalue weighted by Gasteiger charge is 2.28. The number of halogens is 3. The summed E-state index contributed by atoms with van der Waals surface area (Å²) in [5, 5.41) is 0. The summed E-state index contributed by atoms with van der Waals surface area (Å²) < 4.78 is 36.6. The molecule has 0 aliphatic heterocycles. The van der Waals surface area contributed by atoms with E-state index in [1.807, 2.05) is 0 Å². The van der Waals surface area contributed by atoms with Gasteiger partial charge in [0.05, 0.1) is 0 Å². The van der Waals surface area contributed by atoms with E-state index in [0.29, 0.717) is 0 Å². The van der Waals surface area contributed by atoms with Gasteiger partial charge in [0.2, 0.25) is 0 Å². The molecule has 0 heterocycles. The Morgan fingerprint density at radius 3 is 2.00 bits per heavy atom. The van der Waals surface area contributed by atoms with Crippen LogP contribution in [0.25, 0.3) is 0 Å². The third-order valence-corrected chi connectivity index (χ3v) is 2.94. The fraction of sp³-hybridized carbons (Fsp3) is 1.00. The highest BCUT2D eigenvalue weighted by molar-refractivity contribution is 6.58. The molecule has 0 aromatic heterocycles. The summed E-state index contributed by atoms with van der Waals surface area (Å²) in [5.74, 6) is 0. The summed E-state index contributed by atoms with van der Waals surface area (Å²) >= 11 is 0. The minimum Gasteiger partial charge on any atom is -0.448 e. The molecule has 0 amide bonds. The fourth-order valence-corrected chi connectivity index (χ4v) is 2.17. The van der Waals surface area contributed by atoms with E-state index in [-0.39, 0.29) is 6.04 Å². The van der Waals surface area contributed by atoms with E-state index in [4.69, 9.17) is 0 Å². The van der Waals surface area contributed by atoms with Crippen LogP contribution in [0, 0.1) is 0 Å². The Morgan fingerprint density at radius 1 is 1.07 bits per heavy atom. The summed E-state index contributed by atoms with van der Waals surface area (Å²) in [5.41, 5.74) is 0. The molecule has 5 heteroatoms. The smallest absolute Gasteiger partial charge is 0.448 e. The second kappa shape index (κ2) is 5.05. The van der Waals surface area contributed by atoms with Gasteiger partial charge in [-0.1, -0.05) is 25.7 Å². The van der Waals surface area contributed by atoms with Gasteiger partial charge >= 0.3 is 6.98 Å². The van der Waals surface area contributed by atoms with Gasteiger partial charge in [0.15, 0.2) is 0 Å². The lowest BCUT2D eigenvalue weighted by Crippen LogP contribution is -2.41. The first-order valence-corrected chi connectivity index (χ1v) is 5.40. The highest BCUT2D eigenvalue weighted by Crippen LogP contribution is 2.22. The maximum absolute atomic E-state index is 12.2. The number of nitrogens with zero attached hydrogens (tertiary/aromatic N) is 1. The molecule has 14 heavy (non-hydrogen) atoms. The van der Waals surface area contributed by atoms with Crippen LogP contribution in [-0.2, 0) is 0 Å². The third-order valence-electron chi connectivity index (χ3n) is 2.94. The average molecular weight is 208 g/mol. The molecule has 1 rings (SSSR count). The Kier molecular flexibility index (Phi) is 4.29. The Balaban J connectivity index is 2.37. The van der Waals surface area contributed by atoms with Gasteiger partial charge < -0.3 is 17.8 Å². The first-order valence-electron chi connectivity index (χ1n) is 5.40. The molecule has 0 N–H and O–H groups in total. The van der Waals surface area contributed by atoms with Gasteiger partial charge in [0, 0.05) is 6.04 Å². The lowest BCUT2D eigenvalue weighted by atomic mass is 9.90. The molecule has 0 unspecified atom stereocenters. The summed E-state index contributed by atoms with van der Waals surface area (Å²) in [6.45, 7) is -4.66. The zero-order valence-corrected chi connectivity index (χ0v) is 8.69. The van der Waals surface area contributed by atoms with E-state index >= 15 is 0 Å².